The number of carbonyl (C=O) groups excluding carboxylic acids is 1. The zero-order chi connectivity index (χ0) is 21.4. The maximum atomic E-state index is 12.6. The molecule has 7 heteroatoms. The molecule has 2 aromatic carbocycles. The average molecular weight is 458 g/mol. The second-order valence-corrected chi connectivity index (χ2v) is 7.11. The molecule has 0 heterocycles. The van der Waals surface area contributed by atoms with E-state index in [0.29, 0.717) is 40.4 Å². The Morgan fingerprint density at radius 1 is 1.14 bits per heavy atom. The molecule has 0 aliphatic heterocycles. The average Bonchev–Trinajstić information content (AvgIpc) is 2.69. The summed E-state index contributed by atoms with van der Waals surface area (Å²) in [6, 6.07) is 12.9. The molecule has 0 aliphatic rings. The third-order valence-electron chi connectivity index (χ3n) is 3.97. The van der Waals surface area contributed by atoms with Gasteiger partial charge in [-0.25, -0.2) is 0 Å². The van der Waals surface area contributed by atoms with Crippen LogP contribution in [-0.2, 0) is 4.79 Å². The van der Waals surface area contributed by atoms with Gasteiger partial charge in [-0.1, -0.05) is 15.9 Å². The first-order chi connectivity index (χ1) is 13.9. The highest BCUT2D eigenvalue weighted by molar-refractivity contribution is 9.10. The Hall–Kier alpha value is -2.98. The van der Waals surface area contributed by atoms with E-state index in [0.717, 1.165) is 5.69 Å². The molecule has 0 spiro atoms. The Balaban J connectivity index is 2.29. The number of hydrogen-bond donors (Lipinski definition) is 1. The van der Waals surface area contributed by atoms with Crippen molar-refractivity contribution >= 4 is 39.3 Å². The van der Waals surface area contributed by atoms with Crippen molar-refractivity contribution in [1.29, 1.82) is 5.26 Å². The van der Waals surface area contributed by atoms with Gasteiger partial charge in [-0.15, -0.1) is 0 Å². The van der Waals surface area contributed by atoms with Gasteiger partial charge in [-0.2, -0.15) is 5.26 Å². The summed E-state index contributed by atoms with van der Waals surface area (Å²) >= 11 is 3.47. The SMILES string of the molecule is CCOc1cc(Br)c(/C=C(/C#N)C(=O)Nc2ccc(N(C)C)cc2)cc1OCC. The van der Waals surface area contributed by atoms with E-state index in [9.17, 15) is 10.1 Å². The molecule has 0 saturated heterocycles. The van der Waals surface area contributed by atoms with Gasteiger partial charge >= 0.3 is 0 Å². The highest BCUT2D eigenvalue weighted by atomic mass is 79.9. The van der Waals surface area contributed by atoms with Crippen LogP contribution in [0.15, 0.2) is 46.4 Å². The molecule has 29 heavy (non-hydrogen) atoms. The molecule has 0 fully saturated rings. The van der Waals surface area contributed by atoms with E-state index in [2.05, 4.69) is 21.2 Å². The highest BCUT2D eigenvalue weighted by Gasteiger charge is 2.14. The molecule has 6 nitrogen and oxygen atoms in total. The van der Waals surface area contributed by atoms with E-state index in [1.54, 1.807) is 24.3 Å². The molecule has 0 bridgehead atoms. The predicted molar refractivity (Wildman–Crippen MR) is 119 cm³/mol. The highest BCUT2D eigenvalue weighted by Crippen LogP contribution is 2.35. The second kappa shape index (κ2) is 10.5. The number of halogens is 1. The van der Waals surface area contributed by atoms with Gasteiger partial charge in [0.15, 0.2) is 11.5 Å². The van der Waals surface area contributed by atoms with E-state index in [4.69, 9.17) is 9.47 Å². The summed E-state index contributed by atoms with van der Waals surface area (Å²) in [5.74, 6) is 0.673. The van der Waals surface area contributed by atoms with Crippen molar-refractivity contribution in [2.75, 3.05) is 37.5 Å². The van der Waals surface area contributed by atoms with Crippen LogP contribution in [-0.4, -0.2) is 33.2 Å². The first-order valence-electron chi connectivity index (χ1n) is 9.19. The standard InChI is InChI=1S/C22H24BrN3O3/c1-5-28-20-12-15(19(23)13-21(20)29-6-2)11-16(14-24)22(27)25-17-7-9-18(10-8-17)26(3)4/h7-13H,5-6H2,1-4H3,(H,25,27)/b16-11-. The molecule has 0 radical (unpaired) electrons. The van der Waals surface area contributed by atoms with E-state index < -0.39 is 5.91 Å². The monoisotopic (exact) mass is 457 g/mol. The molecule has 152 valence electrons. The summed E-state index contributed by atoms with van der Waals surface area (Å²) in [6.45, 7) is 4.74. The topological polar surface area (TPSA) is 74.6 Å². The Labute approximate surface area is 179 Å². The normalized spacial score (nSPS) is 10.8. The summed E-state index contributed by atoms with van der Waals surface area (Å²) in [5, 5.41) is 12.2. The van der Waals surface area contributed by atoms with Crippen molar-refractivity contribution in [2.45, 2.75) is 13.8 Å². The molecule has 2 aromatic rings. The van der Waals surface area contributed by atoms with E-state index >= 15 is 0 Å². The van der Waals surface area contributed by atoms with Crippen LogP contribution in [0.2, 0.25) is 0 Å². The third-order valence-corrected chi connectivity index (χ3v) is 4.66. The minimum atomic E-state index is -0.483. The molecular weight excluding hydrogens is 434 g/mol. The summed E-state index contributed by atoms with van der Waals surface area (Å²) in [4.78, 5) is 14.5. The molecule has 2 rings (SSSR count). The van der Waals surface area contributed by atoms with E-state index in [1.807, 2.05) is 51.0 Å². The number of nitrogens with zero attached hydrogens (tertiary/aromatic N) is 2. The molecule has 0 unspecified atom stereocenters. The van der Waals surface area contributed by atoms with Gasteiger partial charge in [0, 0.05) is 29.9 Å². The lowest BCUT2D eigenvalue weighted by Gasteiger charge is -2.13. The number of rotatable bonds is 8. The summed E-state index contributed by atoms with van der Waals surface area (Å²) < 4.78 is 11.9. The molecule has 0 aromatic heterocycles. The fourth-order valence-corrected chi connectivity index (χ4v) is 2.98. The first kappa shape index (κ1) is 22.3. The van der Waals surface area contributed by atoms with Crippen LogP contribution >= 0.6 is 15.9 Å². The lowest BCUT2D eigenvalue weighted by atomic mass is 10.1. The number of carbonyl (C=O) groups is 1. The van der Waals surface area contributed by atoms with Crippen LogP contribution in [0.25, 0.3) is 6.08 Å². The number of nitrogens with one attached hydrogen (secondary N) is 1. The minimum Gasteiger partial charge on any atom is -0.490 e. The van der Waals surface area contributed by atoms with E-state index in [1.165, 1.54) is 6.08 Å². The van der Waals surface area contributed by atoms with Gasteiger partial charge in [0.1, 0.15) is 11.6 Å². The fraction of sp³-hybridized carbons (Fsp3) is 0.273. The second-order valence-electron chi connectivity index (χ2n) is 6.25. The van der Waals surface area contributed by atoms with Gasteiger partial charge < -0.3 is 19.7 Å². The minimum absolute atomic E-state index is 0.0194. The van der Waals surface area contributed by atoms with Crippen molar-refractivity contribution in [3.63, 3.8) is 0 Å². The number of amides is 1. The van der Waals surface area contributed by atoms with Crippen molar-refractivity contribution in [3.05, 3.63) is 52.0 Å². The lowest BCUT2D eigenvalue weighted by Crippen LogP contribution is -2.14. The van der Waals surface area contributed by atoms with Gasteiger partial charge in [0.05, 0.1) is 13.2 Å². The van der Waals surface area contributed by atoms with Crippen molar-refractivity contribution < 1.29 is 14.3 Å². The van der Waals surface area contributed by atoms with Crippen LogP contribution < -0.4 is 19.7 Å². The fourth-order valence-electron chi connectivity index (χ4n) is 2.54. The van der Waals surface area contributed by atoms with Crippen molar-refractivity contribution in [1.82, 2.24) is 0 Å². The third kappa shape index (κ3) is 6.00. The zero-order valence-corrected chi connectivity index (χ0v) is 18.5. The quantitative estimate of drug-likeness (QED) is 0.452. The Morgan fingerprint density at radius 3 is 2.24 bits per heavy atom. The smallest absolute Gasteiger partial charge is 0.266 e. The Morgan fingerprint density at radius 2 is 1.72 bits per heavy atom. The van der Waals surface area contributed by atoms with Crippen LogP contribution in [0.1, 0.15) is 19.4 Å². The van der Waals surface area contributed by atoms with Crippen LogP contribution in [0.5, 0.6) is 11.5 Å². The Bertz CT molecular complexity index is 932. The maximum Gasteiger partial charge on any atom is 0.266 e. The summed E-state index contributed by atoms with van der Waals surface area (Å²) in [5.41, 5.74) is 2.25. The van der Waals surface area contributed by atoms with Gasteiger partial charge in [-0.05, 0) is 61.9 Å². The predicted octanol–water partition coefficient (Wildman–Crippen LogP) is 4.86. The van der Waals surface area contributed by atoms with Crippen LogP contribution in [0.3, 0.4) is 0 Å². The molecule has 0 atom stereocenters. The largest absolute Gasteiger partial charge is 0.490 e. The number of hydrogen-bond acceptors (Lipinski definition) is 5. The van der Waals surface area contributed by atoms with E-state index in [-0.39, 0.29) is 5.57 Å². The maximum absolute atomic E-state index is 12.6. The number of benzene rings is 2. The lowest BCUT2D eigenvalue weighted by molar-refractivity contribution is -0.112. The van der Waals surface area contributed by atoms with Crippen LogP contribution in [0, 0.1) is 11.3 Å². The molecule has 0 saturated carbocycles. The summed E-state index contributed by atoms with van der Waals surface area (Å²) in [7, 11) is 3.88. The Kier molecular flexibility index (Phi) is 8.10. The number of anilines is 2. The van der Waals surface area contributed by atoms with Crippen molar-refractivity contribution in [3.8, 4) is 17.6 Å². The summed E-state index contributed by atoms with van der Waals surface area (Å²) in [6.07, 6.45) is 1.52. The molecule has 1 amide bonds. The van der Waals surface area contributed by atoms with Gasteiger partial charge in [-0.3, -0.25) is 4.79 Å². The van der Waals surface area contributed by atoms with Crippen molar-refractivity contribution in [2.24, 2.45) is 0 Å². The zero-order valence-electron chi connectivity index (χ0n) is 17.0. The van der Waals surface area contributed by atoms with Gasteiger partial charge in [0.2, 0.25) is 0 Å². The number of ether oxygens (including phenoxy) is 2. The molecular formula is C22H24BrN3O3. The van der Waals surface area contributed by atoms with Crippen LogP contribution in [0.4, 0.5) is 11.4 Å². The number of nitriles is 1. The van der Waals surface area contributed by atoms with Gasteiger partial charge in [0.25, 0.3) is 5.91 Å². The first-order valence-corrected chi connectivity index (χ1v) is 9.98. The molecule has 0 aliphatic carbocycles. The molecule has 1 N–H and O–H groups in total.